The van der Waals surface area contributed by atoms with Crippen LogP contribution in [-0.2, 0) is 0 Å². The molecular weight excluding hydrogens is 228 g/mol. The van der Waals surface area contributed by atoms with Gasteiger partial charge in [0.05, 0.1) is 9.95 Å². The van der Waals surface area contributed by atoms with Crippen molar-refractivity contribution < 1.29 is 4.92 Å². The second-order valence-corrected chi connectivity index (χ2v) is 4.05. The minimum absolute atomic E-state index is 0.0690. The number of hydrogen-bond donors (Lipinski definition) is 0. The van der Waals surface area contributed by atoms with Crippen molar-refractivity contribution in [2.24, 2.45) is 0 Å². The molecule has 0 aromatic heterocycles. The van der Waals surface area contributed by atoms with Gasteiger partial charge in [-0.05, 0) is 17.7 Å². The fourth-order valence-electron chi connectivity index (χ4n) is 1.19. The summed E-state index contributed by atoms with van der Waals surface area (Å²) in [5.41, 5.74) is 1.68. The van der Waals surface area contributed by atoms with Crippen LogP contribution in [0.3, 0.4) is 0 Å². The third-order valence-electron chi connectivity index (χ3n) is 2.15. The van der Waals surface area contributed by atoms with E-state index in [0.717, 1.165) is 5.69 Å². The van der Waals surface area contributed by atoms with Crippen molar-refractivity contribution >= 4 is 23.4 Å². The molecule has 0 aliphatic heterocycles. The Morgan fingerprint density at radius 2 is 2.12 bits per heavy atom. The molecule has 0 fully saturated rings. The van der Waals surface area contributed by atoms with Gasteiger partial charge in [-0.1, -0.05) is 17.7 Å². The lowest BCUT2D eigenvalue weighted by Gasteiger charge is -2.13. The van der Waals surface area contributed by atoms with Gasteiger partial charge in [0.15, 0.2) is 0 Å². The van der Waals surface area contributed by atoms with Gasteiger partial charge < -0.3 is 4.90 Å². The number of allylic oxidation sites excluding steroid dienone is 1. The molecule has 0 aliphatic carbocycles. The minimum atomic E-state index is -0.434. The number of nitro groups is 1. The van der Waals surface area contributed by atoms with Crippen molar-refractivity contribution in [3.63, 3.8) is 0 Å². The molecule has 0 bridgehead atoms. The lowest BCUT2D eigenvalue weighted by molar-refractivity contribution is -0.422. The molecule has 0 amide bonds. The Morgan fingerprint density at radius 3 is 2.56 bits per heavy atom. The first-order valence-corrected chi connectivity index (χ1v) is 5.09. The van der Waals surface area contributed by atoms with E-state index in [1.165, 1.54) is 13.0 Å². The van der Waals surface area contributed by atoms with Crippen molar-refractivity contribution in [3.05, 3.63) is 44.6 Å². The Balaban J connectivity index is 3.09. The number of hydrogen-bond acceptors (Lipinski definition) is 3. The molecule has 0 unspecified atom stereocenters. The van der Waals surface area contributed by atoms with Crippen molar-refractivity contribution in [2.75, 3.05) is 19.0 Å². The van der Waals surface area contributed by atoms with E-state index < -0.39 is 4.92 Å². The van der Waals surface area contributed by atoms with Gasteiger partial charge in [0.2, 0.25) is 5.70 Å². The van der Waals surface area contributed by atoms with Crippen LogP contribution in [-0.4, -0.2) is 19.0 Å². The highest BCUT2D eigenvalue weighted by molar-refractivity contribution is 6.32. The Kier molecular flexibility index (Phi) is 3.90. The van der Waals surface area contributed by atoms with Gasteiger partial charge in [0, 0.05) is 32.8 Å². The van der Waals surface area contributed by atoms with Gasteiger partial charge in [0.1, 0.15) is 0 Å². The van der Waals surface area contributed by atoms with Crippen LogP contribution in [0.15, 0.2) is 23.9 Å². The van der Waals surface area contributed by atoms with Crippen molar-refractivity contribution in [1.29, 1.82) is 0 Å². The summed E-state index contributed by atoms with van der Waals surface area (Å²) in [6.07, 6.45) is 1.46. The lowest BCUT2D eigenvalue weighted by atomic mass is 10.1. The molecule has 0 saturated carbocycles. The Bertz CT molecular complexity index is 442. The summed E-state index contributed by atoms with van der Waals surface area (Å²) < 4.78 is 0. The molecule has 5 heteroatoms. The van der Waals surface area contributed by atoms with Crippen LogP contribution in [0.5, 0.6) is 0 Å². The summed E-state index contributed by atoms with van der Waals surface area (Å²) in [5, 5.41) is 11.0. The topological polar surface area (TPSA) is 46.4 Å². The van der Waals surface area contributed by atoms with Gasteiger partial charge in [0.25, 0.3) is 0 Å². The number of benzene rings is 1. The summed E-state index contributed by atoms with van der Waals surface area (Å²) in [5.74, 6) is 0. The third-order valence-corrected chi connectivity index (χ3v) is 2.48. The van der Waals surface area contributed by atoms with Crippen LogP contribution in [0.2, 0.25) is 5.02 Å². The van der Waals surface area contributed by atoms with Gasteiger partial charge in [-0.2, -0.15) is 0 Å². The minimum Gasteiger partial charge on any atom is -0.378 e. The van der Waals surface area contributed by atoms with Crippen LogP contribution in [0.4, 0.5) is 5.69 Å². The zero-order valence-electron chi connectivity index (χ0n) is 9.40. The quantitative estimate of drug-likeness (QED) is 0.603. The number of anilines is 1. The smallest absolute Gasteiger partial charge is 0.243 e. The Morgan fingerprint density at radius 1 is 1.50 bits per heavy atom. The monoisotopic (exact) mass is 240 g/mol. The second kappa shape index (κ2) is 4.99. The summed E-state index contributed by atoms with van der Waals surface area (Å²) in [7, 11) is 3.81. The maximum atomic E-state index is 10.5. The SMILES string of the molecule is CC(=Cc1ccc(N(C)C)cc1Cl)[N+](=O)[O-]. The van der Waals surface area contributed by atoms with Gasteiger partial charge in [-0.3, -0.25) is 10.1 Å². The summed E-state index contributed by atoms with van der Waals surface area (Å²) in [6.45, 7) is 1.44. The zero-order chi connectivity index (χ0) is 12.3. The molecule has 86 valence electrons. The zero-order valence-corrected chi connectivity index (χ0v) is 10.2. The molecule has 1 rings (SSSR count). The Hall–Kier alpha value is -1.55. The molecule has 0 saturated heterocycles. The van der Waals surface area contributed by atoms with E-state index in [1.807, 2.05) is 25.1 Å². The van der Waals surface area contributed by atoms with Crippen LogP contribution in [0.1, 0.15) is 12.5 Å². The lowest BCUT2D eigenvalue weighted by Crippen LogP contribution is -2.08. The molecule has 0 radical (unpaired) electrons. The predicted molar refractivity (Wildman–Crippen MR) is 66.4 cm³/mol. The summed E-state index contributed by atoms with van der Waals surface area (Å²) >= 11 is 6.03. The highest BCUT2D eigenvalue weighted by Gasteiger charge is 2.06. The number of nitrogens with zero attached hydrogens (tertiary/aromatic N) is 2. The van der Waals surface area contributed by atoms with Crippen LogP contribution >= 0.6 is 11.6 Å². The van der Waals surface area contributed by atoms with Gasteiger partial charge in [-0.15, -0.1) is 0 Å². The van der Waals surface area contributed by atoms with Crippen LogP contribution in [0.25, 0.3) is 6.08 Å². The standard InChI is InChI=1S/C11H13ClN2O2/c1-8(14(15)16)6-9-4-5-10(13(2)3)7-11(9)12/h4-7H,1-3H3. The second-order valence-electron chi connectivity index (χ2n) is 3.64. The average Bonchev–Trinajstić information content (AvgIpc) is 2.20. The summed E-state index contributed by atoms with van der Waals surface area (Å²) in [6, 6.07) is 5.41. The van der Waals surface area contributed by atoms with Crippen molar-refractivity contribution in [1.82, 2.24) is 0 Å². The van der Waals surface area contributed by atoms with E-state index >= 15 is 0 Å². The molecule has 0 spiro atoms. The molecule has 16 heavy (non-hydrogen) atoms. The normalized spacial score (nSPS) is 11.4. The van der Waals surface area contributed by atoms with E-state index in [4.69, 9.17) is 11.6 Å². The van der Waals surface area contributed by atoms with Crippen LogP contribution < -0.4 is 4.90 Å². The van der Waals surface area contributed by atoms with Crippen molar-refractivity contribution in [3.8, 4) is 0 Å². The van der Waals surface area contributed by atoms with Gasteiger partial charge >= 0.3 is 0 Å². The molecule has 0 heterocycles. The molecule has 0 N–H and O–H groups in total. The first kappa shape index (κ1) is 12.5. The molecule has 1 aromatic rings. The predicted octanol–water partition coefficient (Wildman–Crippen LogP) is 3.04. The molecule has 1 aromatic carbocycles. The highest BCUT2D eigenvalue weighted by Crippen LogP contribution is 2.24. The summed E-state index contributed by atoms with van der Waals surface area (Å²) in [4.78, 5) is 12.0. The molecule has 4 nitrogen and oxygen atoms in total. The maximum Gasteiger partial charge on any atom is 0.243 e. The van der Waals surface area contributed by atoms with Crippen molar-refractivity contribution in [2.45, 2.75) is 6.92 Å². The van der Waals surface area contributed by atoms with E-state index in [9.17, 15) is 10.1 Å². The molecule has 0 aliphatic rings. The van der Waals surface area contributed by atoms with Gasteiger partial charge in [-0.25, -0.2) is 0 Å². The van der Waals surface area contributed by atoms with E-state index in [1.54, 1.807) is 12.1 Å². The largest absolute Gasteiger partial charge is 0.378 e. The van der Waals surface area contributed by atoms with E-state index in [2.05, 4.69) is 0 Å². The first-order chi connectivity index (χ1) is 7.41. The first-order valence-electron chi connectivity index (χ1n) is 4.71. The highest BCUT2D eigenvalue weighted by atomic mass is 35.5. The fourth-order valence-corrected chi connectivity index (χ4v) is 1.42. The maximum absolute atomic E-state index is 10.5. The molecular formula is C11H13ClN2O2. The fraction of sp³-hybridized carbons (Fsp3) is 0.273. The van der Waals surface area contributed by atoms with E-state index in [-0.39, 0.29) is 5.70 Å². The average molecular weight is 241 g/mol. The number of rotatable bonds is 3. The van der Waals surface area contributed by atoms with E-state index in [0.29, 0.717) is 10.6 Å². The number of halogens is 1. The van der Waals surface area contributed by atoms with Crippen LogP contribution in [0, 0.1) is 10.1 Å². The molecule has 0 atom stereocenters. The Labute approximate surface area is 99.3 Å². The third kappa shape index (κ3) is 2.97.